The molecule has 0 aliphatic heterocycles. The summed E-state index contributed by atoms with van der Waals surface area (Å²) in [7, 11) is 0. The number of benzene rings is 1. The number of nitrogens with zero attached hydrogens (tertiary/aromatic N) is 2. The number of amides is 1. The van der Waals surface area contributed by atoms with E-state index >= 15 is 0 Å². The predicted molar refractivity (Wildman–Crippen MR) is 100 cm³/mol. The van der Waals surface area contributed by atoms with Gasteiger partial charge < -0.3 is 9.64 Å². The Balaban J connectivity index is 1.71. The molecule has 1 aliphatic rings. The number of ether oxygens (including phenoxy) is 1. The summed E-state index contributed by atoms with van der Waals surface area (Å²) in [4.78, 5) is 30.7. The Kier molecular flexibility index (Phi) is 6.23. The van der Waals surface area contributed by atoms with Gasteiger partial charge in [0.25, 0.3) is 5.91 Å². The van der Waals surface area contributed by atoms with Crippen LogP contribution in [-0.2, 0) is 9.53 Å². The van der Waals surface area contributed by atoms with Crippen LogP contribution in [0.5, 0.6) is 0 Å². The van der Waals surface area contributed by atoms with E-state index in [2.05, 4.69) is 4.98 Å². The minimum Gasteiger partial charge on any atom is -0.452 e. The first-order chi connectivity index (χ1) is 12.7. The van der Waals surface area contributed by atoms with Gasteiger partial charge in [0, 0.05) is 17.9 Å². The molecular weight excluding hydrogens is 352 g/mol. The number of esters is 1. The van der Waals surface area contributed by atoms with E-state index in [1.54, 1.807) is 11.0 Å². The third-order valence-corrected chi connectivity index (χ3v) is 4.85. The van der Waals surface area contributed by atoms with Gasteiger partial charge in [-0.1, -0.05) is 49.1 Å². The van der Waals surface area contributed by atoms with Crippen LogP contribution >= 0.6 is 11.6 Å². The number of para-hydroxylation sites is 1. The molecule has 0 atom stereocenters. The van der Waals surface area contributed by atoms with Crippen LogP contribution in [0.3, 0.4) is 0 Å². The van der Waals surface area contributed by atoms with Gasteiger partial charge in [0.2, 0.25) is 0 Å². The summed E-state index contributed by atoms with van der Waals surface area (Å²) in [5, 5.41) is 0.0668. The van der Waals surface area contributed by atoms with E-state index in [1.165, 1.54) is 18.7 Å². The fourth-order valence-electron chi connectivity index (χ4n) is 3.30. The van der Waals surface area contributed by atoms with Crippen LogP contribution in [0, 0.1) is 0 Å². The summed E-state index contributed by atoms with van der Waals surface area (Å²) in [6, 6.07) is 12.8. The number of carbonyl (C=O) groups is 2. The van der Waals surface area contributed by atoms with Gasteiger partial charge in [-0.15, -0.1) is 0 Å². The van der Waals surface area contributed by atoms with Crippen LogP contribution in [0.15, 0.2) is 48.7 Å². The summed E-state index contributed by atoms with van der Waals surface area (Å²) >= 11 is 5.91. The van der Waals surface area contributed by atoms with Crippen LogP contribution in [0.2, 0.25) is 5.15 Å². The highest BCUT2D eigenvalue weighted by molar-refractivity contribution is 6.32. The zero-order valence-electron chi connectivity index (χ0n) is 14.4. The summed E-state index contributed by atoms with van der Waals surface area (Å²) < 4.78 is 5.21. The normalized spacial score (nSPS) is 14.7. The van der Waals surface area contributed by atoms with Crippen molar-refractivity contribution in [1.29, 1.82) is 0 Å². The molecule has 3 rings (SSSR count). The number of aromatic nitrogens is 1. The molecule has 0 N–H and O–H groups in total. The monoisotopic (exact) mass is 372 g/mol. The lowest BCUT2D eigenvalue weighted by Gasteiger charge is -2.34. The van der Waals surface area contributed by atoms with Gasteiger partial charge >= 0.3 is 5.97 Å². The van der Waals surface area contributed by atoms with Crippen LogP contribution in [0.4, 0.5) is 5.69 Å². The smallest absolute Gasteiger partial charge is 0.341 e. The first-order valence-electron chi connectivity index (χ1n) is 8.81. The number of pyridine rings is 1. The van der Waals surface area contributed by atoms with Gasteiger partial charge in [0.15, 0.2) is 6.61 Å². The van der Waals surface area contributed by atoms with E-state index in [1.807, 2.05) is 30.3 Å². The van der Waals surface area contributed by atoms with Crippen molar-refractivity contribution in [3.63, 3.8) is 0 Å². The Bertz CT molecular complexity index is 761. The van der Waals surface area contributed by atoms with Gasteiger partial charge in [-0.05, 0) is 37.1 Å². The molecule has 1 fully saturated rings. The van der Waals surface area contributed by atoms with Crippen LogP contribution in [-0.4, -0.2) is 29.5 Å². The lowest BCUT2D eigenvalue weighted by Crippen LogP contribution is -2.43. The molecule has 0 spiro atoms. The van der Waals surface area contributed by atoms with E-state index < -0.39 is 5.97 Å². The molecule has 0 saturated heterocycles. The predicted octanol–water partition coefficient (Wildman–Crippen LogP) is 4.26. The highest BCUT2D eigenvalue weighted by atomic mass is 35.5. The average Bonchev–Trinajstić information content (AvgIpc) is 2.68. The Hall–Kier alpha value is -2.40. The molecule has 0 bridgehead atoms. The number of anilines is 1. The minimum atomic E-state index is -0.645. The van der Waals surface area contributed by atoms with Crippen molar-refractivity contribution in [2.24, 2.45) is 0 Å². The van der Waals surface area contributed by atoms with Crippen molar-refractivity contribution in [2.45, 2.75) is 38.1 Å². The lowest BCUT2D eigenvalue weighted by atomic mass is 9.93. The molecule has 0 unspecified atom stereocenters. The second-order valence-corrected chi connectivity index (χ2v) is 6.67. The van der Waals surface area contributed by atoms with Gasteiger partial charge in [0.1, 0.15) is 5.15 Å². The fraction of sp³-hybridized carbons (Fsp3) is 0.350. The Labute approximate surface area is 157 Å². The zero-order valence-corrected chi connectivity index (χ0v) is 15.2. The number of hydrogen-bond donors (Lipinski definition) is 0. The third-order valence-electron chi connectivity index (χ3n) is 4.55. The number of halogens is 1. The van der Waals surface area contributed by atoms with E-state index in [4.69, 9.17) is 16.3 Å². The van der Waals surface area contributed by atoms with Gasteiger partial charge in [-0.3, -0.25) is 4.79 Å². The van der Waals surface area contributed by atoms with Crippen LogP contribution in [0.25, 0.3) is 0 Å². The highest BCUT2D eigenvalue weighted by Crippen LogP contribution is 2.27. The fourth-order valence-corrected chi connectivity index (χ4v) is 3.50. The molecule has 26 heavy (non-hydrogen) atoms. The van der Waals surface area contributed by atoms with Gasteiger partial charge in [-0.2, -0.15) is 0 Å². The lowest BCUT2D eigenvalue weighted by molar-refractivity contribution is -0.122. The van der Waals surface area contributed by atoms with Crippen molar-refractivity contribution in [3.05, 3.63) is 59.4 Å². The van der Waals surface area contributed by atoms with Crippen LogP contribution < -0.4 is 4.90 Å². The Morgan fingerprint density at radius 1 is 1.08 bits per heavy atom. The first kappa shape index (κ1) is 18.4. The maximum absolute atomic E-state index is 12.9. The quantitative estimate of drug-likeness (QED) is 0.581. The third kappa shape index (κ3) is 4.41. The van der Waals surface area contributed by atoms with Crippen molar-refractivity contribution in [2.75, 3.05) is 11.5 Å². The SMILES string of the molecule is O=C(OCC(=O)N(c1ccccc1)C1CCCCC1)c1cccnc1Cl. The molecule has 136 valence electrons. The summed E-state index contributed by atoms with van der Waals surface area (Å²) in [6.07, 6.45) is 6.82. The molecule has 1 aromatic heterocycles. The molecule has 5 nitrogen and oxygen atoms in total. The molecular formula is C20H21ClN2O3. The van der Waals surface area contributed by atoms with Crippen LogP contribution in [0.1, 0.15) is 42.5 Å². The van der Waals surface area contributed by atoms with E-state index in [-0.39, 0.29) is 29.3 Å². The summed E-state index contributed by atoms with van der Waals surface area (Å²) in [5.41, 5.74) is 0.991. The second kappa shape index (κ2) is 8.81. The largest absolute Gasteiger partial charge is 0.452 e. The molecule has 1 aliphatic carbocycles. The van der Waals surface area contributed by atoms with E-state index in [9.17, 15) is 9.59 Å². The topological polar surface area (TPSA) is 59.5 Å². The summed E-state index contributed by atoms with van der Waals surface area (Å²) in [5.74, 6) is -0.871. The van der Waals surface area contributed by atoms with E-state index in [0.29, 0.717) is 0 Å². The first-order valence-corrected chi connectivity index (χ1v) is 9.19. The molecule has 1 heterocycles. The molecule has 1 aromatic carbocycles. The minimum absolute atomic E-state index is 0.0668. The number of hydrogen-bond acceptors (Lipinski definition) is 4. The maximum Gasteiger partial charge on any atom is 0.341 e. The highest BCUT2D eigenvalue weighted by Gasteiger charge is 2.27. The Morgan fingerprint density at radius 2 is 1.81 bits per heavy atom. The molecule has 2 aromatic rings. The van der Waals surface area contributed by atoms with Crippen molar-refractivity contribution in [3.8, 4) is 0 Å². The van der Waals surface area contributed by atoms with Gasteiger partial charge in [0.05, 0.1) is 5.56 Å². The van der Waals surface area contributed by atoms with Crippen molar-refractivity contribution >= 4 is 29.2 Å². The summed E-state index contributed by atoms with van der Waals surface area (Å²) in [6.45, 7) is -0.324. The molecule has 0 radical (unpaired) electrons. The number of carbonyl (C=O) groups excluding carboxylic acids is 2. The second-order valence-electron chi connectivity index (χ2n) is 6.31. The molecule has 6 heteroatoms. The molecule has 1 amide bonds. The maximum atomic E-state index is 12.9. The van der Waals surface area contributed by atoms with Gasteiger partial charge in [-0.25, -0.2) is 9.78 Å². The zero-order chi connectivity index (χ0) is 18.4. The number of rotatable bonds is 5. The van der Waals surface area contributed by atoms with E-state index in [0.717, 1.165) is 31.4 Å². The average molecular weight is 373 g/mol. The molecule has 1 saturated carbocycles. The van der Waals surface area contributed by atoms with Crippen molar-refractivity contribution < 1.29 is 14.3 Å². The van der Waals surface area contributed by atoms with Crippen molar-refractivity contribution in [1.82, 2.24) is 4.98 Å². The Morgan fingerprint density at radius 3 is 2.50 bits per heavy atom. The standard InChI is InChI=1S/C20H21ClN2O3/c21-19-17(12-7-13-22-19)20(25)26-14-18(24)23(15-8-3-1-4-9-15)16-10-5-2-6-11-16/h1,3-4,7-9,12-13,16H,2,5-6,10-11,14H2.